The molecule has 17 heavy (non-hydrogen) atoms. The van der Waals surface area contributed by atoms with Gasteiger partial charge in [-0.3, -0.25) is 0 Å². The zero-order valence-electron chi connectivity index (χ0n) is 10.0. The van der Waals surface area contributed by atoms with Crippen LogP contribution in [0.4, 0.5) is 0 Å². The van der Waals surface area contributed by atoms with Crippen LogP contribution in [0.2, 0.25) is 0 Å². The number of rotatable bonds is 1. The van der Waals surface area contributed by atoms with E-state index in [1.54, 1.807) is 39.0 Å². The summed E-state index contributed by atoms with van der Waals surface area (Å²) in [4.78, 5) is 0.246. The van der Waals surface area contributed by atoms with Crippen molar-refractivity contribution in [3.63, 3.8) is 0 Å². The summed E-state index contributed by atoms with van der Waals surface area (Å²) in [7, 11) is -3.41. The molecule has 0 saturated carbocycles. The van der Waals surface area contributed by atoms with Gasteiger partial charge in [-0.2, -0.15) is 10.2 Å². The Hall–Kier alpha value is -1.49. The maximum Gasteiger partial charge on any atom is 0.185 e. The van der Waals surface area contributed by atoms with E-state index in [1.807, 2.05) is 6.07 Å². The Bertz CT molecular complexity index is 652. The smallest absolute Gasteiger partial charge is 0.185 e. The van der Waals surface area contributed by atoms with Crippen molar-refractivity contribution in [3.05, 3.63) is 30.5 Å². The molecule has 0 fully saturated rings. The van der Waals surface area contributed by atoms with Crippen molar-refractivity contribution >= 4 is 20.7 Å². The number of aromatic nitrogens is 2. The first kappa shape index (κ1) is 12.0. The van der Waals surface area contributed by atoms with E-state index in [2.05, 4.69) is 10.2 Å². The summed E-state index contributed by atoms with van der Waals surface area (Å²) in [5.41, 5.74) is 0.595. The molecule has 0 atom stereocenters. The van der Waals surface area contributed by atoms with Gasteiger partial charge in [0.2, 0.25) is 0 Å². The van der Waals surface area contributed by atoms with Gasteiger partial charge in [0.15, 0.2) is 9.84 Å². The Kier molecular flexibility index (Phi) is 2.66. The number of hydrogen-bond acceptors (Lipinski definition) is 4. The first-order valence-corrected chi connectivity index (χ1v) is 6.77. The molecule has 0 aliphatic rings. The molecular weight excluding hydrogens is 236 g/mol. The van der Waals surface area contributed by atoms with Crippen LogP contribution < -0.4 is 0 Å². The van der Waals surface area contributed by atoms with Crippen LogP contribution in [-0.2, 0) is 9.84 Å². The minimum absolute atomic E-state index is 0.246. The van der Waals surface area contributed by atoms with Gasteiger partial charge in [-0.25, -0.2) is 8.42 Å². The van der Waals surface area contributed by atoms with Crippen molar-refractivity contribution in [1.82, 2.24) is 10.2 Å². The Morgan fingerprint density at radius 2 is 1.76 bits per heavy atom. The molecule has 2 aromatic rings. The molecule has 1 heterocycles. The molecule has 5 heteroatoms. The van der Waals surface area contributed by atoms with E-state index in [0.717, 1.165) is 0 Å². The molecule has 0 unspecified atom stereocenters. The van der Waals surface area contributed by atoms with Gasteiger partial charge >= 0.3 is 0 Å². The molecule has 2 rings (SSSR count). The van der Waals surface area contributed by atoms with Crippen molar-refractivity contribution in [2.45, 2.75) is 30.4 Å². The fraction of sp³-hybridized carbons (Fsp3) is 0.333. The number of hydrogen-bond donors (Lipinski definition) is 0. The quantitative estimate of drug-likeness (QED) is 0.778. The van der Waals surface area contributed by atoms with Crippen LogP contribution in [0.15, 0.2) is 35.4 Å². The van der Waals surface area contributed by atoms with Crippen LogP contribution in [0.5, 0.6) is 0 Å². The Morgan fingerprint density at radius 1 is 1.12 bits per heavy atom. The number of fused-ring (bicyclic) bond motifs is 1. The van der Waals surface area contributed by atoms with Gasteiger partial charge in [0.25, 0.3) is 0 Å². The lowest BCUT2D eigenvalue weighted by Gasteiger charge is -2.19. The summed E-state index contributed by atoms with van der Waals surface area (Å²) in [5.74, 6) is 0. The molecule has 0 saturated heterocycles. The van der Waals surface area contributed by atoms with E-state index in [4.69, 9.17) is 0 Å². The lowest BCUT2D eigenvalue weighted by atomic mass is 10.2. The van der Waals surface area contributed by atoms with Crippen LogP contribution in [0.25, 0.3) is 10.9 Å². The van der Waals surface area contributed by atoms with Gasteiger partial charge in [0.05, 0.1) is 21.4 Å². The average molecular weight is 250 g/mol. The summed E-state index contributed by atoms with van der Waals surface area (Å²) in [6.07, 6.45) is 1.32. The van der Waals surface area contributed by atoms with Crippen LogP contribution in [0.3, 0.4) is 0 Å². The highest BCUT2D eigenvalue weighted by atomic mass is 32.2. The van der Waals surface area contributed by atoms with E-state index in [1.165, 1.54) is 6.20 Å². The predicted molar refractivity (Wildman–Crippen MR) is 66.5 cm³/mol. The Morgan fingerprint density at radius 3 is 2.41 bits per heavy atom. The second-order valence-corrected chi connectivity index (χ2v) is 7.51. The predicted octanol–water partition coefficient (Wildman–Crippen LogP) is 2.20. The van der Waals surface area contributed by atoms with Crippen molar-refractivity contribution < 1.29 is 8.42 Å². The molecule has 1 aromatic heterocycles. The molecule has 90 valence electrons. The lowest BCUT2D eigenvalue weighted by molar-refractivity contribution is 0.560. The highest BCUT2D eigenvalue weighted by Gasteiger charge is 2.32. The first-order chi connectivity index (χ1) is 7.84. The average Bonchev–Trinajstić information content (AvgIpc) is 2.26. The van der Waals surface area contributed by atoms with Gasteiger partial charge in [-0.1, -0.05) is 18.2 Å². The minimum atomic E-state index is -3.41. The SMILES string of the molecule is CC(C)(C)S(=O)(=O)c1cnnc2ccccc12. The molecule has 4 nitrogen and oxygen atoms in total. The molecule has 0 aliphatic carbocycles. The first-order valence-electron chi connectivity index (χ1n) is 5.29. The van der Waals surface area contributed by atoms with Crippen molar-refractivity contribution in [3.8, 4) is 0 Å². The van der Waals surface area contributed by atoms with E-state index in [0.29, 0.717) is 10.9 Å². The topological polar surface area (TPSA) is 59.9 Å². The van der Waals surface area contributed by atoms with Gasteiger partial charge in [-0.05, 0) is 26.8 Å². The normalized spacial score (nSPS) is 12.9. The maximum absolute atomic E-state index is 12.4. The summed E-state index contributed by atoms with van der Waals surface area (Å²) < 4.78 is 24.0. The van der Waals surface area contributed by atoms with Crippen LogP contribution in [-0.4, -0.2) is 23.4 Å². The van der Waals surface area contributed by atoms with Crippen LogP contribution in [0.1, 0.15) is 20.8 Å². The highest BCUT2D eigenvalue weighted by Crippen LogP contribution is 2.28. The number of nitrogens with zero attached hydrogens (tertiary/aromatic N) is 2. The standard InChI is InChI=1S/C12H14N2O2S/c1-12(2,3)17(15,16)11-8-13-14-10-7-5-4-6-9(10)11/h4-8H,1-3H3. The Balaban J connectivity index is 2.82. The Labute approximate surface area is 101 Å². The number of sulfone groups is 1. The molecule has 0 bridgehead atoms. The fourth-order valence-corrected chi connectivity index (χ4v) is 2.83. The highest BCUT2D eigenvalue weighted by molar-refractivity contribution is 7.93. The molecule has 0 amide bonds. The van der Waals surface area contributed by atoms with Crippen LogP contribution >= 0.6 is 0 Å². The van der Waals surface area contributed by atoms with Crippen molar-refractivity contribution in [2.24, 2.45) is 0 Å². The third-order valence-corrected chi connectivity index (χ3v) is 5.12. The van der Waals surface area contributed by atoms with Gasteiger partial charge in [0.1, 0.15) is 0 Å². The molecule has 0 N–H and O–H groups in total. The molecule has 1 aromatic carbocycles. The van der Waals surface area contributed by atoms with Gasteiger partial charge in [-0.15, -0.1) is 0 Å². The molecule has 0 radical (unpaired) electrons. The minimum Gasteiger partial charge on any atom is -0.223 e. The fourth-order valence-electron chi connectivity index (χ4n) is 1.53. The molecular formula is C12H14N2O2S. The zero-order valence-corrected chi connectivity index (χ0v) is 10.8. The van der Waals surface area contributed by atoms with Gasteiger partial charge < -0.3 is 0 Å². The summed E-state index contributed by atoms with van der Waals surface area (Å²) in [5, 5.41) is 8.31. The van der Waals surface area contributed by atoms with E-state index in [-0.39, 0.29) is 4.90 Å². The molecule has 0 spiro atoms. The second kappa shape index (κ2) is 3.77. The third kappa shape index (κ3) is 1.91. The zero-order chi connectivity index (χ0) is 12.7. The largest absolute Gasteiger partial charge is 0.223 e. The van der Waals surface area contributed by atoms with E-state index < -0.39 is 14.6 Å². The lowest BCUT2D eigenvalue weighted by Crippen LogP contribution is -2.28. The molecule has 0 aliphatic heterocycles. The van der Waals surface area contributed by atoms with E-state index in [9.17, 15) is 8.42 Å². The number of benzene rings is 1. The monoisotopic (exact) mass is 250 g/mol. The second-order valence-electron chi connectivity index (χ2n) is 4.84. The summed E-state index contributed by atoms with van der Waals surface area (Å²) in [6.45, 7) is 5.03. The summed E-state index contributed by atoms with van der Waals surface area (Å²) in [6, 6.07) is 7.11. The van der Waals surface area contributed by atoms with Crippen molar-refractivity contribution in [2.75, 3.05) is 0 Å². The van der Waals surface area contributed by atoms with Crippen molar-refractivity contribution in [1.29, 1.82) is 0 Å². The summed E-state index contributed by atoms with van der Waals surface area (Å²) >= 11 is 0. The van der Waals surface area contributed by atoms with E-state index >= 15 is 0 Å². The van der Waals surface area contributed by atoms with Gasteiger partial charge in [0, 0.05) is 5.39 Å². The third-order valence-electron chi connectivity index (χ3n) is 2.61. The van der Waals surface area contributed by atoms with Crippen LogP contribution in [0, 0.1) is 0 Å². The maximum atomic E-state index is 12.4.